The molecule has 5 nitrogen and oxygen atoms in total. The van der Waals surface area contributed by atoms with Crippen LogP contribution in [0, 0.1) is 0 Å². The van der Waals surface area contributed by atoms with Gasteiger partial charge in [0, 0.05) is 20.3 Å². The summed E-state index contributed by atoms with van der Waals surface area (Å²) < 4.78 is 31.1. The zero-order chi connectivity index (χ0) is 13.4. The fourth-order valence-electron chi connectivity index (χ4n) is 1.46. The van der Waals surface area contributed by atoms with Gasteiger partial charge in [-0.25, -0.2) is 13.1 Å². The van der Waals surface area contributed by atoms with Crippen LogP contribution in [0.25, 0.3) is 0 Å². The Morgan fingerprint density at radius 2 is 1.83 bits per heavy atom. The maximum Gasteiger partial charge on any atom is 0.240 e. The van der Waals surface area contributed by atoms with Gasteiger partial charge in [-0.2, -0.15) is 0 Å². The molecule has 1 aromatic carbocycles. The van der Waals surface area contributed by atoms with Crippen LogP contribution in [0.15, 0.2) is 29.2 Å². The molecule has 0 heterocycles. The molecular formula is C12H19NO4S. The fourth-order valence-corrected chi connectivity index (χ4v) is 2.54. The summed E-state index contributed by atoms with van der Waals surface area (Å²) in [5.41, 5.74) is 0. The minimum Gasteiger partial charge on any atom is -0.508 e. The maximum absolute atomic E-state index is 11.8. The Labute approximate surface area is 108 Å². The van der Waals surface area contributed by atoms with E-state index in [0.717, 1.165) is 19.3 Å². The van der Waals surface area contributed by atoms with Crippen molar-refractivity contribution in [2.24, 2.45) is 0 Å². The molecule has 0 aliphatic rings. The van der Waals surface area contributed by atoms with Gasteiger partial charge in [0.2, 0.25) is 10.0 Å². The summed E-state index contributed by atoms with van der Waals surface area (Å²) in [4.78, 5) is 0.164. The highest BCUT2D eigenvalue weighted by Gasteiger charge is 2.12. The lowest BCUT2D eigenvalue weighted by atomic mass is 10.2. The molecule has 0 fully saturated rings. The van der Waals surface area contributed by atoms with Crippen LogP contribution in [-0.2, 0) is 14.8 Å². The van der Waals surface area contributed by atoms with Gasteiger partial charge in [-0.05, 0) is 43.5 Å². The van der Waals surface area contributed by atoms with Crippen LogP contribution in [0.1, 0.15) is 19.3 Å². The number of ether oxygens (including phenoxy) is 1. The predicted octanol–water partition coefficient (Wildman–Crippen LogP) is 1.49. The van der Waals surface area contributed by atoms with Gasteiger partial charge >= 0.3 is 0 Å². The zero-order valence-electron chi connectivity index (χ0n) is 10.4. The van der Waals surface area contributed by atoms with Gasteiger partial charge in [0.1, 0.15) is 5.75 Å². The topological polar surface area (TPSA) is 75.6 Å². The Morgan fingerprint density at radius 3 is 2.44 bits per heavy atom. The third-order valence-corrected chi connectivity index (χ3v) is 3.94. The lowest BCUT2D eigenvalue weighted by Crippen LogP contribution is -2.24. The minimum absolute atomic E-state index is 0.0496. The van der Waals surface area contributed by atoms with E-state index in [4.69, 9.17) is 9.84 Å². The molecule has 0 spiro atoms. The van der Waals surface area contributed by atoms with Crippen molar-refractivity contribution in [1.82, 2.24) is 4.72 Å². The summed E-state index contributed by atoms with van der Waals surface area (Å²) in [7, 11) is -1.82. The molecule has 0 bridgehead atoms. The Morgan fingerprint density at radius 1 is 1.17 bits per heavy atom. The van der Waals surface area contributed by atoms with Crippen LogP contribution in [0.2, 0.25) is 0 Å². The molecule has 0 saturated heterocycles. The second-order valence-electron chi connectivity index (χ2n) is 3.95. The van der Waals surface area contributed by atoms with Gasteiger partial charge in [-0.15, -0.1) is 0 Å². The van der Waals surface area contributed by atoms with E-state index in [1.165, 1.54) is 24.3 Å². The second-order valence-corrected chi connectivity index (χ2v) is 5.71. The van der Waals surface area contributed by atoms with E-state index in [0.29, 0.717) is 13.2 Å². The average Bonchev–Trinajstić information content (AvgIpc) is 2.34. The number of nitrogens with one attached hydrogen (secondary N) is 1. The number of benzene rings is 1. The van der Waals surface area contributed by atoms with Crippen molar-refractivity contribution in [3.05, 3.63) is 24.3 Å². The number of unbranched alkanes of at least 4 members (excludes halogenated alkanes) is 2. The van der Waals surface area contributed by atoms with Gasteiger partial charge in [0.15, 0.2) is 0 Å². The summed E-state index contributed by atoms with van der Waals surface area (Å²) in [5.74, 6) is 0.0496. The van der Waals surface area contributed by atoms with Crippen molar-refractivity contribution in [2.45, 2.75) is 24.2 Å². The van der Waals surface area contributed by atoms with Crippen LogP contribution in [0.3, 0.4) is 0 Å². The molecule has 2 N–H and O–H groups in total. The smallest absolute Gasteiger partial charge is 0.240 e. The fraction of sp³-hybridized carbons (Fsp3) is 0.500. The molecule has 0 saturated carbocycles. The number of methoxy groups -OCH3 is 1. The third kappa shape index (κ3) is 5.03. The van der Waals surface area contributed by atoms with Crippen molar-refractivity contribution in [2.75, 3.05) is 20.3 Å². The van der Waals surface area contributed by atoms with E-state index >= 15 is 0 Å². The third-order valence-electron chi connectivity index (χ3n) is 2.46. The summed E-state index contributed by atoms with van der Waals surface area (Å²) >= 11 is 0. The number of aromatic hydroxyl groups is 1. The highest BCUT2D eigenvalue weighted by atomic mass is 32.2. The van der Waals surface area contributed by atoms with Gasteiger partial charge in [0.25, 0.3) is 0 Å². The van der Waals surface area contributed by atoms with Gasteiger partial charge in [0.05, 0.1) is 4.90 Å². The molecule has 18 heavy (non-hydrogen) atoms. The quantitative estimate of drug-likeness (QED) is 0.704. The number of sulfonamides is 1. The second kappa shape index (κ2) is 7.35. The van der Waals surface area contributed by atoms with Crippen LogP contribution >= 0.6 is 0 Å². The van der Waals surface area contributed by atoms with Crippen LogP contribution < -0.4 is 4.72 Å². The first-order valence-electron chi connectivity index (χ1n) is 5.84. The molecule has 0 unspecified atom stereocenters. The number of rotatable bonds is 8. The van der Waals surface area contributed by atoms with E-state index in [1.807, 2.05) is 0 Å². The molecule has 0 aliphatic heterocycles. The molecule has 0 radical (unpaired) electrons. The molecule has 0 aliphatic carbocycles. The number of hydrogen-bond donors (Lipinski definition) is 2. The van der Waals surface area contributed by atoms with Crippen molar-refractivity contribution < 1.29 is 18.3 Å². The molecular weight excluding hydrogens is 254 g/mol. The summed E-state index contributed by atoms with van der Waals surface area (Å²) in [6.07, 6.45) is 2.63. The Hall–Kier alpha value is -1.11. The molecule has 6 heteroatoms. The summed E-state index contributed by atoms with van der Waals surface area (Å²) in [6, 6.07) is 5.46. The predicted molar refractivity (Wildman–Crippen MR) is 69.0 cm³/mol. The normalized spacial score (nSPS) is 11.6. The van der Waals surface area contributed by atoms with Gasteiger partial charge < -0.3 is 9.84 Å². The van der Waals surface area contributed by atoms with Crippen molar-refractivity contribution in [1.29, 1.82) is 0 Å². The Balaban J connectivity index is 2.38. The van der Waals surface area contributed by atoms with Crippen molar-refractivity contribution >= 4 is 10.0 Å². The van der Waals surface area contributed by atoms with E-state index in [9.17, 15) is 8.42 Å². The Kier molecular flexibility index (Phi) is 6.11. The summed E-state index contributed by atoms with van der Waals surface area (Å²) in [6.45, 7) is 1.11. The molecule has 1 rings (SSSR count). The molecule has 0 atom stereocenters. The number of phenolic OH excluding ortho intramolecular Hbond substituents is 1. The molecule has 0 amide bonds. The van der Waals surface area contributed by atoms with Gasteiger partial charge in [-0.3, -0.25) is 0 Å². The zero-order valence-corrected chi connectivity index (χ0v) is 11.2. The first kappa shape index (κ1) is 14.9. The molecule has 1 aromatic rings. The Bertz CT molecular complexity index is 442. The van der Waals surface area contributed by atoms with Crippen LogP contribution in [-0.4, -0.2) is 33.8 Å². The standard InChI is InChI=1S/C12H19NO4S/c1-17-10-4-2-3-9-13-18(15,16)12-7-5-11(14)6-8-12/h5-8,13-14H,2-4,9-10H2,1H3. The lowest BCUT2D eigenvalue weighted by Gasteiger charge is -2.06. The monoisotopic (exact) mass is 273 g/mol. The molecule has 102 valence electrons. The largest absolute Gasteiger partial charge is 0.508 e. The molecule has 0 aromatic heterocycles. The lowest BCUT2D eigenvalue weighted by molar-refractivity contribution is 0.192. The van der Waals surface area contributed by atoms with Crippen molar-refractivity contribution in [3.63, 3.8) is 0 Å². The average molecular weight is 273 g/mol. The number of hydrogen-bond acceptors (Lipinski definition) is 4. The van der Waals surface area contributed by atoms with E-state index in [1.54, 1.807) is 7.11 Å². The maximum atomic E-state index is 11.8. The van der Waals surface area contributed by atoms with Crippen LogP contribution in [0.4, 0.5) is 0 Å². The van der Waals surface area contributed by atoms with Crippen molar-refractivity contribution in [3.8, 4) is 5.75 Å². The van der Waals surface area contributed by atoms with Gasteiger partial charge in [-0.1, -0.05) is 0 Å². The highest BCUT2D eigenvalue weighted by Crippen LogP contribution is 2.14. The first-order valence-corrected chi connectivity index (χ1v) is 7.32. The summed E-state index contributed by atoms with van der Waals surface area (Å²) in [5, 5.41) is 9.09. The highest BCUT2D eigenvalue weighted by molar-refractivity contribution is 7.89. The minimum atomic E-state index is -3.46. The first-order chi connectivity index (χ1) is 8.56. The van der Waals surface area contributed by atoms with Crippen LogP contribution in [0.5, 0.6) is 5.75 Å². The SMILES string of the molecule is COCCCCCNS(=O)(=O)c1ccc(O)cc1. The number of phenols is 1. The van der Waals surface area contributed by atoms with E-state index in [2.05, 4.69) is 4.72 Å². The van der Waals surface area contributed by atoms with E-state index in [-0.39, 0.29) is 10.6 Å². The van der Waals surface area contributed by atoms with E-state index < -0.39 is 10.0 Å².